The Kier molecular flexibility index (Phi) is 2.36. The summed E-state index contributed by atoms with van der Waals surface area (Å²) < 4.78 is 0.189. The number of thiazole rings is 1. The molecule has 1 aromatic heterocycles. The number of hydrogen-bond donors (Lipinski definition) is 0. The van der Waals surface area contributed by atoms with E-state index in [2.05, 4.69) is 25.1 Å². The van der Waals surface area contributed by atoms with Crippen LogP contribution in [0.2, 0.25) is 0 Å². The molecule has 0 N–H and O–H groups in total. The summed E-state index contributed by atoms with van der Waals surface area (Å²) in [5, 5.41) is 3.23. The normalized spacial score (nSPS) is 11.9. The van der Waals surface area contributed by atoms with Gasteiger partial charge in [0.15, 0.2) is 0 Å². The quantitative estimate of drug-likeness (QED) is 0.682. The second-order valence-corrected chi connectivity index (χ2v) is 4.88. The molecular formula is C7H11NS2. The molecule has 0 bridgehead atoms. The van der Waals surface area contributed by atoms with Gasteiger partial charge in [0.25, 0.3) is 0 Å². The minimum atomic E-state index is 0.189. The van der Waals surface area contributed by atoms with Gasteiger partial charge in [0.2, 0.25) is 0 Å². The van der Waals surface area contributed by atoms with Gasteiger partial charge < -0.3 is 0 Å². The highest BCUT2D eigenvalue weighted by molar-refractivity contribution is 7.99. The number of hydrogen-bond acceptors (Lipinski definition) is 3. The van der Waals surface area contributed by atoms with Crippen molar-refractivity contribution in [2.75, 3.05) is 6.26 Å². The summed E-state index contributed by atoms with van der Waals surface area (Å²) in [5.41, 5.74) is 0. The maximum atomic E-state index is 4.26. The minimum Gasteiger partial charge on any atom is -0.248 e. The third-order valence-electron chi connectivity index (χ3n) is 1.46. The summed E-state index contributed by atoms with van der Waals surface area (Å²) in [7, 11) is 0. The van der Waals surface area contributed by atoms with Crippen molar-refractivity contribution in [1.29, 1.82) is 0 Å². The van der Waals surface area contributed by atoms with Gasteiger partial charge in [-0.15, -0.1) is 11.3 Å². The van der Waals surface area contributed by atoms with Gasteiger partial charge in [-0.3, -0.25) is 0 Å². The average molecular weight is 173 g/mol. The first-order valence-electron chi connectivity index (χ1n) is 3.12. The fourth-order valence-electron chi connectivity index (χ4n) is 0.608. The van der Waals surface area contributed by atoms with Crippen LogP contribution in [0.15, 0.2) is 11.6 Å². The zero-order valence-corrected chi connectivity index (χ0v) is 8.05. The Hall–Kier alpha value is -0.0200. The lowest BCUT2D eigenvalue weighted by Crippen LogP contribution is -2.09. The predicted octanol–water partition coefficient (Wildman–Crippen LogP) is 2.74. The Morgan fingerprint density at radius 3 is 2.70 bits per heavy atom. The molecule has 0 saturated carbocycles. The van der Waals surface area contributed by atoms with E-state index in [1.54, 1.807) is 11.3 Å². The van der Waals surface area contributed by atoms with Crippen LogP contribution in [0.3, 0.4) is 0 Å². The van der Waals surface area contributed by atoms with E-state index < -0.39 is 0 Å². The molecule has 0 aliphatic heterocycles. The minimum absolute atomic E-state index is 0.189. The molecule has 1 nitrogen and oxygen atoms in total. The molecule has 1 aromatic rings. The Morgan fingerprint density at radius 2 is 2.30 bits per heavy atom. The van der Waals surface area contributed by atoms with E-state index in [1.165, 1.54) is 5.01 Å². The molecule has 0 aliphatic rings. The third-order valence-corrected chi connectivity index (χ3v) is 3.90. The van der Waals surface area contributed by atoms with Crippen molar-refractivity contribution >= 4 is 23.1 Å². The summed E-state index contributed by atoms with van der Waals surface area (Å²) in [6.07, 6.45) is 3.97. The molecular weight excluding hydrogens is 162 g/mol. The van der Waals surface area contributed by atoms with Gasteiger partial charge >= 0.3 is 0 Å². The maximum absolute atomic E-state index is 4.26. The summed E-state index contributed by atoms with van der Waals surface area (Å²) in [6, 6.07) is 0. The van der Waals surface area contributed by atoms with Gasteiger partial charge in [-0.25, -0.2) is 4.98 Å². The van der Waals surface area contributed by atoms with Crippen LogP contribution >= 0.6 is 23.1 Å². The van der Waals surface area contributed by atoms with Crippen molar-refractivity contribution in [2.45, 2.75) is 18.6 Å². The third kappa shape index (κ3) is 1.52. The second-order valence-electron chi connectivity index (χ2n) is 2.55. The highest BCUT2D eigenvalue weighted by atomic mass is 32.2. The van der Waals surface area contributed by atoms with E-state index in [1.807, 2.05) is 23.3 Å². The lowest BCUT2D eigenvalue weighted by atomic mass is 10.2. The summed E-state index contributed by atoms with van der Waals surface area (Å²) in [6.45, 7) is 4.38. The van der Waals surface area contributed by atoms with E-state index >= 15 is 0 Å². The summed E-state index contributed by atoms with van der Waals surface area (Å²) >= 11 is 3.56. The Bertz CT molecular complexity index is 191. The van der Waals surface area contributed by atoms with Crippen LogP contribution < -0.4 is 0 Å². The van der Waals surface area contributed by atoms with Crippen molar-refractivity contribution < 1.29 is 0 Å². The first kappa shape index (κ1) is 8.08. The number of thioether (sulfide) groups is 1. The summed E-state index contributed by atoms with van der Waals surface area (Å²) in [5.74, 6) is 0. The van der Waals surface area contributed by atoms with E-state index in [-0.39, 0.29) is 4.75 Å². The van der Waals surface area contributed by atoms with Crippen molar-refractivity contribution in [3.8, 4) is 0 Å². The van der Waals surface area contributed by atoms with Crippen LogP contribution in [0.1, 0.15) is 18.9 Å². The number of nitrogens with zero attached hydrogens (tertiary/aromatic N) is 1. The van der Waals surface area contributed by atoms with Gasteiger partial charge in [0.1, 0.15) is 5.01 Å². The Morgan fingerprint density at radius 1 is 1.60 bits per heavy atom. The fourth-order valence-corrected chi connectivity index (χ4v) is 1.89. The standard InChI is InChI=1S/C7H11NS2/c1-7(2,9-3)6-8-4-5-10-6/h4-5H,1-3H3. The fraction of sp³-hybridized carbons (Fsp3) is 0.571. The van der Waals surface area contributed by atoms with E-state index in [0.717, 1.165) is 0 Å². The molecule has 0 radical (unpaired) electrons. The second kappa shape index (κ2) is 2.93. The molecule has 0 aliphatic carbocycles. The Labute approximate surface area is 69.9 Å². The maximum Gasteiger partial charge on any atom is 0.108 e. The summed E-state index contributed by atoms with van der Waals surface area (Å²) in [4.78, 5) is 4.26. The zero-order chi connectivity index (χ0) is 7.61. The first-order chi connectivity index (χ1) is 4.67. The van der Waals surface area contributed by atoms with Gasteiger partial charge in [-0.2, -0.15) is 11.8 Å². The van der Waals surface area contributed by atoms with Crippen molar-refractivity contribution in [2.24, 2.45) is 0 Å². The highest BCUT2D eigenvalue weighted by Gasteiger charge is 2.20. The molecule has 1 rings (SSSR count). The van der Waals surface area contributed by atoms with Crippen LogP contribution in [0.25, 0.3) is 0 Å². The van der Waals surface area contributed by atoms with Gasteiger partial charge in [0.05, 0.1) is 4.75 Å². The van der Waals surface area contributed by atoms with Crippen molar-refractivity contribution in [1.82, 2.24) is 4.98 Å². The van der Waals surface area contributed by atoms with Gasteiger partial charge in [-0.1, -0.05) is 0 Å². The van der Waals surface area contributed by atoms with Gasteiger partial charge in [0, 0.05) is 11.6 Å². The molecule has 0 amide bonds. The molecule has 0 spiro atoms. The lowest BCUT2D eigenvalue weighted by Gasteiger charge is -2.17. The van der Waals surface area contributed by atoms with Crippen LogP contribution in [-0.2, 0) is 4.75 Å². The van der Waals surface area contributed by atoms with Crippen LogP contribution in [0, 0.1) is 0 Å². The monoisotopic (exact) mass is 173 g/mol. The lowest BCUT2D eigenvalue weighted by molar-refractivity contribution is 0.775. The molecule has 3 heteroatoms. The highest BCUT2D eigenvalue weighted by Crippen LogP contribution is 2.34. The largest absolute Gasteiger partial charge is 0.248 e. The zero-order valence-electron chi connectivity index (χ0n) is 6.42. The molecule has 1 heterocycles. The van der Waals surface area contributed by atoms with Crippen LogP contribution in [0.5, 0.6) is 0 Å². The molecule has 10 heavy (non-hydrogen) atoms. The van der Waals surface area contributed by atoms with E-state index in [4.69, 9.17) is 0 Å². The molecule has 0 aromatic carbocycles. The molecule has 0 saturated heterocycles. The predicted molar refractivity (Wildman–Crippen MR) is 48.7 cm³/mol. The van der Waals surface area contributed by atoms with Crippen LogP contribution in [-0.4, -0.2) is 11.2 Å². The van der Waals surface area contributed by atoms with Crippen molar-refractivity contribution in [3.05, 3.63) is 16.6 Å². The molecule has 0 fully saturated rings. The number of aromatic nitrogens is 1. The van der Waals surface area contributed by atoms with Crippen molar-refractivity contribution in [3.63, 3.8) is 0 Å². The van der Waals surface area contributed by atoms with Crippen LogP contribution in [0.4, 0.5) is 0 Å². The topological polar surface area (TPSA) is 12.9 Å². The van der Waals surface area contributed by atoms with E-state index in [9.17, 15) is 0 Å². The Balaban J connectivity index is 2.85. The van der Waals surface area contributed by atoms with E-state index in [0.29, 0.717) is 0 Å². The average Bonchev–Trinajstić information content (AvgIpc) is 2.38. The molecule has 56 valence electrons. The SMILES string of the molecule is CSC(C)(C)c1nccs1. The van der Waals surface area contributed by atoms with Gasteiger partial charge in [-0.05, 0) is 20.1 Å². The number of rotatable bonds is 2. The first-order valence-corrected chi connectivity index (χ1v) is 5.22. The molecule has 0 unspecified atom stereocenters. The smallest absolute Gasteiger partial charge is 0.108 e. The molecule has 0 atom stereocenters.